The average Bonchev–Trinajstić information content (AvgIpc) is 2.91. The third-order valence-electron chi connectivity index (χ3n) is 3.15. The van der Waals surface area contributed by atoms with Gasteiger partial charge in [-0.05, 0) is 37.3 Å². The SMILES string of the molecule is CCOc1ccc(-c2nnc3ccc(N)cn23)cc1OC. The van der Waals surface area contributed by atoms with Crippen LogP contribution in [0.5, 0.6) is 11.5 Å². The van der Waals surface area contributed by atoms with Crippen molar-refractivity contribution in [2.24, 2.45) is 0 Å². The van der Waals surface area contributed by atoms with Crippen molar-refractivity contribution < 1.29 is 9.47 Å². The van der Waals surface area contributed by atoms with Crippen molar-refractivity contribution in [3.05, 3.63) is 36.5 Å². The summed E-state index contributed by atoms with van der Waals surface area (Å²) in [6.07, 6.45) is 1.80. The van der Waals surface area contributed by atoms with E-state index in [2.05, 4.69) is 10.2 Å². The highest BCUT2D eigenvalue weighted by molar-refractivity contribution is 5.64. The van der Waals surface area contributed by atoms with Crippen molar-refractivity contribution in [3.63, 3.8) is 0 Å². The predicted octanol–water partition coefficient (Wildman–Crippen LogP) is 2.39. The van der Waals surface area contributed by atoms with E-state index >= 15 is 0 Å². The van der Waals surface area contributed by atoms with Crippen LogP contribution in [0.25, 0.3) is 17.0 Å². The smallest absolute Gasteiger partial charge is 0.168 e. The molecular formula is C15H16N4O2. The van der Waals surface area contributed by atoms with E-state index in [-0.39, 0.29) is 0 Å². The van der Waals surface area contributed by atoms with Crippen molar-refractivity contribution in [3.8, 4) is 22.9 Å². The van der Waals surface area contributed by atoms with Crippen LogP contribution in [0.4, 0.5) is 5.69 Å². The van der Waals surface area contributed by atoms with Crippen LogP contribution in [-0.4, -0.2) is 28.3 Å². The molecule has 0 fully saturated rings. The molecule has 6 heteroatoms. The molecule has 2 N–H and O–H groups in total. The Morgan fingerprint density at radius 3 is 2.76 bits per heavy atom. The predicted molar refractivity (Wildman–Crippen MR) is 80.6 cm³/mol. The molecule has 2 aromatic heterocycles. The molecule has 21 heavy (non-hydrogen) atoms. The first kappa shape index (κ1) is 13.2. The highest BCUT2D eigenvalue weighted by atomic mass is 16.5. The summed E-state index contributed by atoms with van der Waals surface area (Å²) in [5, 5.41) is 8.35. The lowest BCUT2D eigenvalue weighted by Crippen LogP contribution is -1.97. The van der Waals surface area contributed by atoms with Crippen molar-refractivity contribution >= 4 is 11.3 Å². The molecule has 108 valence electrons. The Labute approximate surface area is 122 Å². The number of aromatic nitrogens is 3. The highest BCUT2D eigenvalue weighted by Gasteiger charge is 2.12. The van der Waals surface area contributed by atoms with Crippen LogP contribution >= 0.6 is 0 Å². The van der Waals surface area contributed by atoms with Crippen LogP contribution in [0.3, 0.4) is 0 Å². The lowest BCUT2D eigenvalue weighted by molar-refractivity contribution is 0.311. The molecule has 0 bridgehead atoms. The first-order chi connectivity index (χ1) is 10.2. The van der Waals surface area contributed by atoms with E-state index in [9.17, 15) is 0 Å². The van der Waals surface area contributed by atoms with Crippen LogP contribution in [0.1, 0.15) is 6.92 Å². The number of nitrogens with two attached hydrogens (primary N) is 1. The van der Waals surface area contributed by atoms with Gasteiger partial charge in [-0.15, -0.1) is 10.2 Å². The molecule has 0 aliphatic carbocycles. The molecule has 3 rings (SSSR count). The second-order valence-electron chi connectivity index (χ2n) is 4.51. The quantitative estimate of drug-likeness (QED) is 0.796. The van der Waals surface area contributed by atoms with Crippen LogP contribution < -0.4 is 15.2 Å². The van der Waals surface area contributed by atoms with Gasteiger partial charge in [0.25, 0.3) is 0 Å². The molecule has 0 aliphatic rings. The van der Waals surface area contributed by atoms with Gasteiger partial charge in [0.2, 0.25) is 0 Å². The number of benzene rings is 1. The van der Waals surface area contributed by atoms with Gasteiger partial charge in [-0.25, -0.2) is 0 Å². The molecule has 0 saturated heterocycles. The number of fused-ring (bicyclic) bond motifs is 1. The van der Waals surface area contributed by atoms with Crippen molar-refractivity contribution in [2.45, 2.75) is 6.92 Å². The summed E-state index contributed by atoms with van der Waals surface area (Å²) in [5.74, 6) is 2.07. The molecule has 2 heterocycles. The monoisotopic (exact) mass is 284 g/mol. The number of pyridine rings is 1. The van der Waals surface area contributed by atoms with Gasteiger partial charge >= 0.3 is 0 Å². The summed E-state index contributed by atoms with van der Waals surface area (Å²) in [7, 11) is 1.61. The van der Waals surface area contributed by atoms with Crippen LogP contribution in [0.2, 0.25) is 0 Å². The molecule has 0 radical (unpaired) electrons. The van der Waals surface area contributed by atoms with Crippen molar-refractivity contribution in [1.82, 2.24) is 14.6 Å². The van der Waals surface area contributed by atoms with E-state index in [1.807, 2.05) is 35.6 Å². The van der Waals surface area contributed by atoms with Gasteiger partial charge in [0.1, 0.15) is 0 Å². The van der Waals surface area contributed by atoms with E-state index in [4.69, 9.17) is 15.2 Å². The zero-order chi connectivity index (χ0) is 14.8. The lowest BCUT2D eigenvalue weighted by atomic mass is 10.2. The zero-order valence-corrected chi connectivity index (χ0v) is 11.9. The fourth-order valence-electron chi connectivity index (χ4n) is 2.19. The molecule has 3 aromatic rings. The van der Waals surface area contributed by atoms with Gasteiger partial charge in [-0.2, -0.15) is 0 Å². The number of anilines is 1. The normalized spacial score (nSPS) is 10.8. The van der Waals surface area contributed by atoms with Gasteiger partial charge < -0.3 is 15.2 Å². The standard InChI is InChI=1S/C15H16N4O2/c1-3-21-12-6-4-10(8-13(12)20-2)15-18-17-14-7-5-11(16)9-19(14)15/h4-9H,3,16H2,1-2H3. The maximum atomic E-state index is 5.83. The van der Waals surface area contributed by atoms with Crippen LogP contribution in [-0.2, 0) is 0 Å². The Bertz CT molecular complexity index is 782. The third kappa shape index (κ3) is 2.35. The van der Waals surface area contributed by atoms with Crippen LogP contribution in [0, 0.1) is 0 Å². The molecule has 6 nitrogen and oxygen atoms in total. The average molecular weight is 284 g/mol. The van der Waals surface area contributed by atoms with Gasteiger partial charge in [0.05, 0.1) is 13.7 Å². The molecule has 0 saturated carbocycles. The fourth-order valence-corrected chi connectivity index (χ4v) is 2.19. The van der Waals surface area contributed by atoms with Gasteiger partial charge in [0.15, 0.2) is 23.0 Å². The van der Waals surface area contributed by atoms with E-state index in [1.165, 1.54) is 0 Å². The summed E-state index contributed by atoms with van der Waals surface area (Å²) >= 11 is 0. The van der Waals surface area contributed by atoms with Gasteiger partial charge in [0, 0.05) is 17.4 Å². The summed E-state index contributed by atoms with van der Waals surface area (Å²) < 4.78 is 12.7. The summed E-state index contributed by atoms with van der Waals surface area (Å²) in [4.78, 5) is 0. The highest BCUT2D eigenvalue weighted by Crippen LogP contribution is 2.32. The number of nitrogens with zero attached hydrogens (tertiary/aromatic N) is 3. The van der Waals surface area contributed by atoms with Gasteiger partial charge in [-0.1, -0.05) is 0 Å². The Kier molecular flexibility index (Phi) is 3.35. The number of methoxy groups -OCH3 is 1. The first-order valence-electron chi connectivity index (χ1n) is 6.64. The maximum Gasteiger partial charge on any atom is 0.168 e. The topological polar surface area (TPSA) is 74.7 Å². The molecule has 0 aliphatic heterocycles. The first-order valence-corrected chi connectivity index (χ1v) is 6.64. The summed E-state index contributed by atoms with van der Waals surface area (Å²) in [5.41, 5.74) is 8.11. The third-order valence-corrected chi connectivity index (χ3v) is 3.15. The zero-order valence-electron chi connectivity index (χ0n) is 11.9. The van der Waals surface area contributed by atoms with E-state index < -0.39 is 0 Å². The van der Waals surface area contributed by atoms with Crippen molar-refractivity contribution in [2.75, 3.05) is 19.5 Å². The number of rotatable bonds is 4. The number of ether oxygens (including phenoxy) is 2. The largest absolute Gasteiger partial charge is 0.493 e. The van der Waals surface area contributed by atoms with Gasteiger partial charge in [-0.3, -0.25) is 4.40 Å². The van der Waals surface area contributed by atoms with Crippen molar-refractivity contribution in [1.29, 1.82) is 0 Å². The summed E-state index contributed by atoms with van der Waals surface area (Å²) in [6.45, 7) is 2.52. The Balaban J connectivity index is 2.12. The fraction of sp³-hybridized carbons (Fsp3) is 0.200. The number of hydrogen-bond acceptors (Lipinski definition) is 5. The molecule has 0 unspecified atom stereocenters. The Hall–Kier alpha value is -2.76. The minimum absolute atomic E-state index is 0.583. The second kappa shape index (κ2) is 5.32. The molecule has 0 amide bonds. The molecule has 0 atom stereocenters. The number of nitrogen functional groups attached to an aromatic ring is 1. The lowest BCUT2D eigenvalue weighted by Gasteiger charge is -2.10. The maximum absolute atomic E-state index is 5.83. The second-order valence-corrected chi connectivity index (χ2v) is 4.51. The van der Waals surface area contributed by atoms with E-state index in [0.29, 0.717) is 29.6 Å². The van der Waals surface area contributed by atoms with Crippen LogP contribution in [0.15, 0.2) is 36.5 Å². The molecule has 1 aromatic carbocycles. The van der Waals surface area contributed by atoms with E-state index in [0.717, 1.165) is 11.2 Å². The Morgan fingerprint density at radius 1 is 1.14 bits per heavy atom. The molecule has 0 spiro atoms. The molecular weight excluding hydrogens is 268 g/mol. The van der Waals surface area contributed by atoms with E-state index in [1.54, 1.807) is 19.4 Å². The number of hydrogen-bond donors (Lipinski definition) is 1. The minimum Gasteiger partial charge on any atom is -0.493 e. The summed E-state index contributed by atoms with van der Waals surface area (Å²) in [6, 6.07) is 9.30. The Morgan fingerprint density at radius 2 is 2.00 bits per heavy atom. The minimum atomic E-state index is 0.583.